The van der Waals surface area contributed by atoms with Gasteiger partial charge in [-0.1, -0.05) is 48.0 Å². The average Bonchev–Trinajstić information content (AvgIpc) is 2.43. The van der Waals surface area contributed by atoms with E-state index in [4.69, 9.17) is 4.74 Å². The number of rotatable bonds is 1. The van der Waals surface area contributed by atoms with Gasteiger partial charge in [0.05, 0.1) is 4.83 Å². The molecular formula is C17H29BrO3. The molecule has 0 spiro atoms. The van der Waals surface area contributed by atoms with Gasteiger partial charge in [0.1, 0.15) is 11.9 Å². The molecule has 0 aromatic rings. The lowest BCUT2D eigenvalue weighted by Gasteiger charge is -2.22. The summed E-state index contributed by atoms with van der Waals surface area (Å²) in [6.45, 7) is 1.49. The standard InChI is InChI=1S/C17H29BrO3/c1-14(19)21-17-13-9-5-3-7-11-15(20)10-6-2-4-8-12-16(17)18/h16-17H,2-13H2,1H3. The van der Waals surface area contributed by atoms with Crippen LogP contribution < -0.4 is 0 Å². The van der Waals surface area contributed by atoms with E-state index in [0.717, 1.165) is 77.0 Å². The third-order valence-electron chi connectivity index (χ3n) is 4.10. The molecule has 0 radical (unpaired) electrons. The molecule has 1 aliphatic carbocycles. The Morgan fingerprint density at radius 1 is 0.952 bits per heavy atom. The number of Topliss-reactive ketones (excluding diaryl/α,β-unsaturated/α-hetero) is 1. The fourth-order valence-electron chi connectivity index (χ4n) is 2.87. The van der Waals surface area contributed by atoms with Crippen LogP contribution in [-0.4, -0.2) is 22.7 Å². The molecule has 0 bridgehead atoms. The van der Waals surface area contributed by atoms with Gasteiger partial charge in [0.25, 0.3) is 0 Å². The molecule has 1 fully saturated rings. The van der Waals surface area contributed by atoms with Crippen LogP contribution in [0.1, 0.15) is 84.0 Å². The van der Waals surface area contributed by atoms with Crippen molar-refractivity contribution in [2.24, 2.45) is 0 Å². The van der Waals surface area contributed by atoms with Gasteiger partial charge in [-0.3, -0.25) is 9.59 Å². The van der Waals surface area contributed by atoms with Crippen molar-refractivity contribution in [3.05, 3.63) is 0 Å². The van der Waals surface area contributed by atoms with E-state index in [9.17, 15) is 9.59 Å². The molecule has 0 aliphatic heterocycles. The van der Waals surface area contributed by atoms with Crippen molar-refractivity contribution in [1.82, 2.24) is 0 Å². The Kier molecular flexibility index (Phi) is 9.98. The first-order valence-corrected chi connectivity index (χ1v) is 9.34. The summed E-state index contributed by atoms with van der Waals surface area (Å²) in [5, 5.41) is 0. The van der Waals surface area contributed by atoms with Crippen molar-refractivity contribution in [1.29, 1.82) is 0 Å². The number of halogens is 1. The summed E-state index contributed by atoms with van der Waals surface area (Å²) in [5.74, 6) is 0.244. The van der Waals surface area contributed by atoms with Crippen molar-refractivity contribution in [3.63, 3.8) is 0 Å². The predicted octanol–water partition coefficient (Wildman–Crippen LogP) is 4.95. The van der Waals surface area contributed by atoms with Crippen LogP contribution in [0.25, 0.3) is 0 Å². The monoisotopic (exact) mass is 360 g/mol. The van der Waals surface area contributed by atoms with Crippen molar-refractivity contribution in [2.45, 2.75) is 94.9 Å². The summed E-state index contributed by atoms with van der Waals surface area (Å²) < 4.78 is 5.47. The molecule has 2 unspecified atom stereocenters. The summed E-state index contributed by atoms with van der Waals surface area (Å²) in [7, 11) is 0. The Balaban J connectivity index is 2.46. The van der Waals surface area contributed by atoms with Crippen LogP contribution in [0.15, 0.2) is 0 Å². The highest BCUT2D eigenvalue weighted by Crippen LogP contribution is 2.23. The van der Waals surface area contributed by atoms with Crippen LogP contribution in [0.2, 0.25) is 0 Å². The fourth-order valence-corrected chi connectivity index (χ4v) is 3.57. The zero-order chi connectivity index (χ0) is 15.5. The van der Waals surface area contributed by atoms with Crippen LogP contribution in [0.4, 0.5) is 0 Å². The second kappa shape index (κ2) is 11.2. The first-order chi connectivity index (χ1) is 10.1. The van der Waals surface area contributed by atoms with Crippen molar-refractivity contribution in [3.8, 4) is 0 Å². The maximum atomic E-state index is 11.7. The molecule has 3 nitrogen and oxygen atoms in total. The third kappa shape index (κ3) is 9.28. The number of hydrogen-bond acceptors (Lipinski definition) is 3. The van der Waals surface area contributed by atoms with Gasteiger partial charge in [0.15, 0.2) is 0 Å². The first kappa shape index (κ1) is 18.7. The highest BCUT2D eigenvalue weighted by atomic mass is 79.9. The quantitative estimate of drug-likeness (QED) is 0.490. The van der Waals surface area contributed by atoms with E-state index >= 15 is 0 Å². The second-order valence-electron chi connectivity index (χ2n) is 6.11. The Labute approximate surface area is 137 Å². The molecular weight excluding hydrogens is 332 g/mol. The predicted molar refractivity (Wildman–Crippen MR) is 88.7 cm³/mol. The summed E-state index contributed by atoms with van der Waals surface area (Å²) in [5.41, 5.74) is 0. The average molecular weight is 361 g/mol. The highest BCUT2D eigenvalue weighted by molar-refractivity contribution is 9.09. The molecule has 21 heavy (non-hydrogen) atoms. The minimum atomic E-state index is -0.187. The number of carbonyl (C=O) groups is 2. The van der Waals surface area contributed by atoms with E-state index in [1.54, 1.807) is 0 Å². The van der Waals surface area contributed by atoms with Crippen molar-refractivity contribution < 1.29 is 14.3 Å². The molecule has 2 atom stereocenters. The van der Waals surface area contributed by atoms with Gasteiger partial charge in [-0.25, -0.2) is 0 Å². The molecule has 4 heteroatoms. The fraction of sp³-hybridized carbons (Fsp3) is 0.882. The number of ketones is 1. The number of carbonyl (C=O) groups excluding carboxylic acids is 2. The molecule has 1 aliphatic rings. The van der Waals surface area contributed by atoms with E-state index in [2.05, 4.69) is 15.9 Å². The van der Waals surface area contributed by atoms with Gasteiger partial charge in [-0.05, 0) is 32.1 Å². The Morgan fingerprint density at radius 3 is 2.05 bits per heavy atom. The second-order valence-corrected chi connectivity index (χ2v) is 7.28. The van der Waals surface area contributed by atoms with Crippen LogP contribution in [0, 0.1) is 0 Å². The molecule has 0 aromatic carbocycles. The van der Waals surface area contributed by atoms with Crippen LogP contribution in [0.3, 0.4) is 0 Å². The minimum absolute atomic E-state index is 0.00531. The summed E-state index contributed by atoms with van der Waals surface area (Å²) in [4.78, 5) is 23.2. The number of hydrogen-bond donors (Lipinski definition) is 0. The molecule has 0 N–H and O–H groups in total. The van der Waals surface area contributed by atoms with Gasteiger partial charge in [0.2, 0.25) is 0 Å². The van der Waals surface area contributed by atoms with Crippen LogP contribution >= 0.6 is 15.9 Å². The van der Waals surface area contributed by atoms with E-state index in [1.807, 2.05) is 0 Å². The number of ether oxygens (including phenoxy) is 1. The Morgan fingerprint density at radius 2 is 1.48 bits per heavy atom. The van der Waals surface area contributed by atoms with E-state index in [-0.39, 0.29) is 16.9 Å². The van der Waals surface area contributed by atoms with Crippen molar-refractivity contribution in [2.75, 3.05) is 0 Å². The maximum Gasteiger partial charge on any atom is 0.302 e. The highest BCUT2D eigenvalue weighted by Gasteiger charge is 2.21. The van der Waals surface area contributed by atoms with E-state index in [1.165, 1.54) is 6.92 Å². The van der Waals surface area contributed by atoms with Gasteiger partial charge in [-0.2, -0.15) is 0 Å². The molecule has 0 amide bonds. The van der Waals surface area contributed by atoms with Gasteiger partial charge >= 0.3 is 5.97 Å². The van der Waals surface area contributed by atoms with Gasteiger partial charge in [0, 0.05) is 19.8 Å². The maximum absolute atomic E-state index is 11.7. The van der Waals surface area contributed by atoms with E-state index < -0.39 is 0 Å². The molecule has 0 aromatic heterocycles. The first-order valence-electron chi connectivity index (χ1n) is 8.42. The lowest BCUT2D eigenvalue weighted by atomic mass is 10.0. The normalized spacial score (nSPS) is 27.4. The Bertz CT molecular complexity index is 317. The summed E-state index contributed by atoms with van der Waals surface area (Å²) in [6, 6.07) is 0. The lowest BCUT2D eigenvalue weighted by Crippen LogP contribution is -2.26. The number of esters is 1. The Hall–Kier alpha value is -0.380. The summed E-state index contributed by atoms with van der Waals surface area (Å²) >= 11 is 3.70. The largest absolute Gasteiger partial charge is 0.461 e. The van der Waals surface area contributed by atoms with Crippen LogP contribution in [0.5, 0.6) is 0 Å². The SMILES string of the molecule is CC(=O)OC1CCCCCCC(=O)CCCCCCC1Br. The van der Waals surface area contributed by atoms with Crippen LogP contribution in [-0.2, 0) is 14.3 Å². The third-order valence-corrected chi connectivity index (χ3v) is 5.15. The molecule has 0 heterocycles. The number of alkyl halides is 1. The molecule has 0 saturated heterocycles. The minimum Gasteiger partial charge on any atom is -0.461 e. The molecule has 122 valence electrons. The van der Waals surface area contributed by atoms with Gasteiger partial charge < -0.3 is 4.74 Å². The molecule has 1 rings (SSSR count). The zero-order valence-electron chi connectivity index (χ0n) is 13.2. The van der Waals surface area contributed by atoms with E-state index in [0.29, 0.717) is 5.78 Å². The van der Waals surface area contributed by atoms with Crippen molar-refractivity contribution >= 4 is 27.7 Å². The summed E-state index contributed by atoms with van der Waals surface area (Å²) in [6.07, 6.45) is 12.2. The molecule has 1 saturated carbocycles. The lowest BCUT2D eigenvalue weighted by molar-refractivity contribution is -0.146. The zero-order valence-corrected chi connectivity index (χ0v) is 14.8. The smallest absolute Gasteiger partial charge is 0.302 e. The topological polar surface area (TPSA) is 43.4 Å². The van der Waals surface area contributed by atoms with Gasteiger partial charge in [-0.15, -0.1) is 0 Å².